The van der Waals surface area contributed by atoms with E-state index in [1.807, 2.05) is 0 Å². The van der Waals surface area contributed by atoms with Gasteiger partial charge in [-0.3, -0.25) is 4.68 Å². The molecule has 2 aliphatic rings. The predicted octanol–water partition coefficient (Wildman–Crippen LogP) is 2.80. The molecule has 23 heavy (non-hydrogen) atoms. The number of nitrogens with zero attached hydrogens (tertiary/aromatic N) is 3. The van der Waals surface area contributed by atoms with Crippen molar-refractivity contribution in [1.82, 2.24) is 9.78 Å². The Morgan fingerprint density at radius 1 is 1.13 bits per heavy atom. The van der Waals surface area contributed by atoms with E-state index in [-0.39, 0.29) is 5.92 Å². The monoisotopic (exact) mass is 313 g/mol. The predicted molar refractivity (Wildman–Crippen MR) is 89.8 cm³/mol. The molecule has 0 radical (unpaired) electrons. The zero-order valence-electron chi connectivity index (χ0n) is 13.4. The third kappa shape index (κ3) is 2.98. The van der Waals surface area contributed by atoms with E-state index in [0.29, 0.717) is 6.04 Å². The van der Waals surface area contributed by atoms with Crippen molar-refractivity contribution in [1.29, 1.82) is 0 Å². The zero-order chi connectivity index (χ0) is 15.6. The standard InChI is InChI=1S/C18H23N3O2/c22-13-14-1-4-16(5-2-14)21-12-15-3-6-17(11-18(15)19-21)20-7-9-23-10-8-20/h3,6,11-14,16H,1-2,4-5,7-10H2. The van der Waals surface area contributed by atoms with Crippen molar-refractivity contribution in [2.24, 2.45) is 5.92 Å². The van der Waals surface area contributed by atoms with Crippen molar-refractivity contribution in [3.05, 3.63) is 24.4 Å². The van der Waals surface area contributed by atoms with Crippen LogP contribution in [0.4, 0.5) is 5.69 Å². The molecule has 5 heteroatoms. The summed E-state index contributed by atoms with van der Waals surface area (Å²) >= 11 is 0. The van der Waals surface area contributed by atoms with Gasteiger partial charge in [-0.25, -0.2) is 0 Å². The highest BCUT2D eigenvalue weighted by molar-refractivity contribution is 5.82. The largest absolute Gasteiger partial charge is 0.378 e. The Labute approximate surface area is 136 Å². The van der Waals surface area contributed by atoms with Gasteiger partial charge in [-0.1, -0.05) is 0 Å². The maximum atomic E-state index is 10.9. The molecule has 0 unspecified atom stereocenters. The van der Waals surface area contributed by atoms with Gasteiger partial charge in [0.2, 0.25) is 0 Å². The summed E-state index contributed by atoms with van der Waals surface area (Å²) in [6, 6.07) is 6.98. The molecule has 1 aliphatic heterocycles. The summed E-state index contributed by atoms with van der Waals surface area (Å²) in [6.07, 6.45) is 7.35. The summed E-state index contributed by atoms with van der Waals surface area (Å²) in [5, 5.41) is 6.01. The van der Waals surface area contributed by atoms with Crippen LogP contribution < -0.4 is 4.90 Å². The van der Waals surface area contributed by atoms with Crippen LogP contribution in [0.2, 0.25) is 0 Å². The molecular formula is C18H23N3O2. The average Bonchev–Trinajstić information content (AvgIpc) is 3.06. The van der Waals surface area contributed by atoms with Crippen LogP contribution >= 0.6 is 0 Å². The van der Waals surface area contributed by atoms with Crippen molar-refractivity contribution in [3.63, 3.8) is 0 Å². The van der Waals surface area contributed by atoms with Gasteiger partial charge in [0, 0.05) is 36.3 Å². The summed E-state index contributed by atoms with van der Waals surface area (Å²) in [7, 11) is 0. The van der Waals surface area contributed by atoms with Crippen LogP contribution in [-0.4, -0.2) is 42.4 Å². The summed E-state index contributed by atoms with van der Waals surface area (Å²) in [5.74, 6) is 0.254. The molecule has 2 fully saturated rings. The van der Waals surface area contributed by atoms with Crippen molar-refractivity contribution in [2.45, 2.75) is 31.7 Å². The summed E-state index contributed by atoms with van der Waals surface area (Å²) < 4.78 is 7.54. The lowest BCUT2D eigenvalue weighted by Crippen LogP contribution is -2.36. The van der Waals surface area contributed by atoms with Crippen LogP contribution in [0.1, 0.15) is 31.7 Å². The molecule has 4 rings (SSSR count). The molecule has 1 aromatic heterocycles. The van der Waals surface area contributed by atoms with Gasteiger partial charge in [0.15, 0.2) is 0 Å². The highest BCUT2D eigenvalue weighted by Gasteiger charge is 2.23. The topological polar surface area (TPSA) is 47.4 Å². The van der Waals surface area contributed by atoms with E-state index in [1.165, 1.54) is 11.1 Å². The van der Waals surface area contributed by atoms with Crippen molar-refractivity contribution >= 4 is 22.9 Å². The number of anilines is 1. The van der Waals surface area contributed by atoms with Gasteiger partial charge in [-0.15, -0.1) is 0 Å². The number of aromatic nitrogens is 2. The second-order valence-electron chi connectivity index (χ2n) is 6.66. The molecule has 122 valence electrons. The van der Waals surface area contributed by atoms with Crippen molar-refractivity contribution in [3.8, 4) is 0 Å². The second-order valence-corrected chi connectivity index (χ2v) is 6.66. The van der Waals surface area contributed by atoms with Crippen LogP contribution in [-0.2, 0) is 9.53 Å². The average molecular weight is 313 g/mol. The number of hydrogen-bond donors (Lipinski definition) is 0. The minimum atomic E-state index is 0.254. The molecule has 1 saturated heterocycles. The maximum Gasteiger partial charge on any atom is 0.123 e. The minimum Gasteiger partial charge on any atom is -0.378 e. The second kappa shape index (κ2) is 6.32. The van der Waals surface area contributed by atoms with E-state index in [9.17, 15) is 4.79 Å². The first-order valence-electron chi connectivity index (χ1n) is 8.60. The molecule has 5 nitrogen and oxygen atoms in total. The van der Waals surface area contributed by atoms with E-state index in [1.54, 1.807) is 0 Å². The number of rotatable bonds is 3. The number of carbonyl (C=O) groups is 1. The van der Waals surface area contributed by atoms with Gasteiger partial charge in [-0.2, -0.15) is 5.10 Å². The molecule has 1 aliphatic carbocycles. The lowest BCUT2D eigenvalue weighted by atomic mass is 9.87. The number of benzene rings is 1. The van der Waals surface area contributed by atoms with E-state index in [0.717, 1.165) is 63.8 Å². The van der Waals surface area contributed by atoms with Gasteiger partial charge in [0.05, 0.1) is 24.8 Å². The third-order valence-electron chi connectivity index (χ3n) is 5.19. The summed E-state index contributed by atoms with van der Waals surface area (Å²) in [4.78, 5) is 13.3. The van der Waals surface area contributed by atoms with Crippen LogP contribution in [0.25, 0.3) is 10.9 Å². The Kier molecular flexibility index (Phi) is 4.04. The fourth-order valence-corrected chi connectivity index (χ4v) is 3.73. The van der Waals surface area contributed by atoms with E-state index in [4.69, 9.17) is 9.84 Å². The Hall–Kier alpha value is -1.88. The third-order valence-corrected chi connectivity index (χ3v) is 5.19. The first-order valence-corrected chi connectivity index (χ1v) is 8.60. The van der Waals surface area contributed by atoms with Gasteiger partial charge in [0.1, 0.15) is 6.29 Å². The Morgan fingerprint density at radius 2 is 1.91 bits per heavy atom. The SMILES string of the molecule is O=CC1CCC(n2cc3ccc(N4CCOCC4)cc3n2)CC1. The van der Waals surface area contributed by atoms with Crippen molar-refractivity contribution in [2.75, 3.05) is 31.2 Å². The summed E-state index contributed by atoms with van der Waals surface area (Å²) in [5.41, 5.74) is 2.29. The van der Waals surface area contributed by atoms with Gasteiger partial charge < -0.3 is 14.4 Å². The molecule has 0 N–H and O–H groups in total. The fourth-order valence-electron chi connectivity index (χ4n) is 3.73. The highest BCUT2D eigenvalue weighted by Crippen LogP contribution is 2.32. The Morgan fingerprint density at radius 3 is 2.65 bits per heavy atom. The number of ether oxygens (including phenoxy) is 1. The minimum absolute atomic E-state index is 0.254. The van der Waals surface area contributed by atoms with Crippen molar-refractivity contribution < 1.29 is 9.53 Å². The number of hydrogen-bond acceptors (Lipinski definition) is 4. The number of morpholine rings is 1. The first-order chi connectivity index (χ1) is 11.3. The molecule has 2 aromatic rings. The first kappa shape index (κ1) is 14.7. The molecule has 1 aromatic carbocycles. The lowest BCUT2D eigenvalue weighted by Gasteiger charge is -2.28. The van der Waals surface area contributed by atoms with Crippen LogP contribution in [0.15, 0.2) is 24.4 Å². The Bertz CT molecular complexity index is 683. The van der Waals surface area contributed by atoms with Crippen LogP contribution in [0.3, 0.4) is 0 Å². The van der Waals surface area contributed by atoms with E-state index in [2.05, 4.69) is 34.0 Å². The van der Waals surface area contributed by atoms with Gasteiger partial charge in [-0.05, 0) is 43.9 Å². The quantitative estimate of drug-likeness (QED) is 0.818. The molecular weight excluding hydrogens is 290 g/mol. The molecule has 0 bridgehead atoms. The van der Waals surface area contributed by atoms with E-state index < -0.39 is 0 Å². The highest BCUT2D eigenvalue weighted by atomic mass is 16.5. The molecule has 2 heterocycles. The Balaban J connectivity index is 1.54. The van der Waals surface area contributed by atoms with Crippen LogP contribution in [0.5, 0.6) is 0 Å². The normalized spacial score (nSPS) is 25.7. The number of carbonyl (C=O) groups excluding carboxylic acids is 1. The van der Waals surface area contributed by atoms with Crippen LogP contribution in [0, 0.1) is 5.92 Å². The van der Waals surface area contributed by atoms with Gasteiger partial charge in [0.25, 0.3) is 0 Å². The molecule has 0 spiro atoms. The fraction of sp³-hybridized carbons (Fsp3) is 0.556. The molecule has 0 amide bonds. The molecule has 0 atom stereocenters. The zero-order valence-corrected chi connectivity index (χ0v) is 13.4. The number of fused-ring (bicyclic) bond motifs is 1. The smallest absolute Gasteiger partial charge is 0.123 e. The lowest BCUT2D eigenvalue weighted by molar-refractivity contribution is -0.112. The van der Waals surface area contributed by atoms with Gasteiger partial charge >= 0.3 is 0 Å². The number of aldehydes is 1. The van der Waals surface area contributed by atoms with E-state index >= 15 is 0 Å². The maximum absolute atomic E-state index is 10.9. The summed E-state index contributed by atoms with van der Waals surface area (Å²) in [6.45, 7) is 3.49. The molecule has 1 saturated carbocycles.